The number of hydrogen-bond acceptors (Lipinski definition) is 3. The van der Waals surface area contributed by atoms with Gasteiger partial charge in [0.15, 0.2) is 0 Å². The number of alkyl halides is 13. The maximum atomic E-state index is 13.2. The van der Waals surface area contributed by atoms with E-state index in [1.54, 1.807) is 0 Å². The van der Waals surface area contributed by atoms with Crippen LogP contribution < -0.4 is 4.72 Å². The standard InChI is InChI=1S/C8H6F13NO3S/c9-3(10,5(13,14)7(17,18)19)4(11,12)6(15,16)8(20,21)26(24,25)22-1-2-23/h22-23H,1-2H2. The Morgan fingerprint density at radius 2 is 1.00 bits per heavy atom. The molecule has 158 valence electrons. The molecule has 0 radical (unpaired) electrons. The first kappa shape index (κ1) is 25.0. The van der Waals surface area contributed by atoms with Gasteiger partial charge in [0.2, 0.25) is 0 Å². The summed E-state index contributed by atoms with van der Waals surface area (Å²) in [5, 5.41) is 0.844. The summed E-state index contributed by atoms with van der Waals surface area (Å²) in [6, 6.07) is 0. The summed E-state index contributed by atoms with van der Waals surface area (Å²) < 4.78 is 187. The fourth-order valence-corrected chi connectivity index (χ4v) is 2.20. The zero-order valence-corrected chi connectivity index (χ0v) is 12.3. The van der Waals surface area contributed by atoms with Gasteiger partial charge in [0.1, 0.15) is 0 Å². The summed E-state index contributed by atoms with van der Waals surface area (Å²) in [5.41, 5.74) is 0. The van der Waals surface area contributed by atoms with E-state index in [4.69, 9.17) is 5.11 Å². The normalized spacial score (nSPS) is 16.1. The van der Waals surface area contributed by atoms with E-state index in [1.807, 2.05) is 0 Å². The molecule has 0 heterocycles. The van der Waals surface area contributed by atoms with Crippen molar-refractivity contribution in [3.8, 4) is 0 Å². The van der Waals surface area contributed by atoms with Crippen LogP contribution in [-0.4, -0.2) is 61.8 Å². The van der Waals surface area contributed by atoms with Crippen LogP contribution in [0.1, 0.15) is 0 Å². The van der Waals surface area contributed by atoms with E-state index in [9.17, 15) is 65.5 Å². The largest absolute Gasteiger partial charge is 0.460 e. The molecule has 0 rings (SSSR count). The lowest BCUT2D eigenvalue weighted by molar-refractivity contribution is -0.433. The highest BCUT2D eigenvalue weighted by atomic mass is 32.2. The minimum atomic E-state index is -8.20. The zero-order chi connectivity index (χ0) is 21.6. The van der Waals surface area contributed by atoms with Crippen molar-refractivity contribution in [2.75, 3.05) is 13.2 Å². The van der Waals surface area contributed by atoms with Crippen molar-refractivity contribution in [2.45, 2.75) is 35.1 Å². The third-order valence-electron chi connectivity index (χ3n) is 2.65. The van der Waals surface area contributed by atoms with Crippen LogP contribution in [0.4, 0.5) is 57.1 Å². The molecule has 0 bridgehead atoms. The van der Waals surface area contributed by atoms with Crippen molar-refractivity contribution in [1.82, 2.24) is 4.72 Å². The van der Waals surface area contributed by atoms with Gasteiger partial charge in [-0.3, -0.25) is 0 Å². The molecule has 18 heteroatoms. The van der Waals surface area contributed by atoms with Gasteiger partial charge >= 0.3 is 35.1 Å². The van der Waals surface area contributed by atoms with Crippen molar-refractivity contribution in [2.24, 2.45) is 0 Å². The Morgan fingerprint density at radius 3 is 1.31 bits per heavy atom. The molecule has 0 unspecified atom stereocenters. The Labute approximate surface area is 135 Å². The molecule has 0 aromatic rings. The number of hydrogen-bond donors (Lipinski definition) is 2. The van der Waals surface area contributed by atoms with Gasteiger partial charge in [0.25, 0.3) is 10.0 Å². The quantitative estimate of drug-likeness (QED) is 0.567. The van der Waals surface area contributed by atoms with E-state index in [0.29, 0.717) is 4.72 Å². The Hall–Kier alpha value is -1.04. The van der Waals surface area contributed by atoms with Crippen LogP contribution in [0.25, 0.3) is 0 Å². The third kappa shape index (κ3) is 3.30. The molecule has 2 N–H and O–H groups in total. The minimum absolute atomic E-state index is 0.352. The van der Waals surface area contributed by atoms with E-state index in [0.717, 1.165) is 0 Å². The molecular weight excluding hydrogens is 437 g/mol. The van der Waals surface area contributed by atoms with Gasteiger partial charge in [-0.25, -0.2) is 13.1 Å². The van der Waals surface area contributed by atoms with Crippen LogP contribution in [0.15, 0.2) is 0 Å². The van der Waals surface area contributed by atoms with Crippen LogP contribution in [0.3, 0.4) is 0 Å². The molecule has 0 spiro atoms. The summed E-state index contributed by atoms with van der Waals surface area (Å²) in [4.78, 5) is 0. The molecule has 0 aliphatic heterocycles. The average molecular weight is 443 g/mol. The number of aliphatic hydroxyl groups excluding tert-OH is 1. The highest BCUT2D eigenvalue weighted by Crippen LogP contribution is 2.60. The summed E-state index contributed by atoms with van der Waals surface area (Å²) in [6.07, 6.45) is -7.58. The topological polar surface area (TPSA) is 66.4 Å². The van der Waals surface area contributed by atoms with Crippen LogP contribution in [-0.2, 0) is 10.0 Å². The summed E-state index contributed by atoms with van der Waals surface area (Å²) in [6.45, 7) is -2.92. The predicted octanol–water partition coefficient (Wildman–Crippen LogP) is 2.59. The molecule has 0 amide bonds. The van der Waals surface area contributed by atoms with Gasteiger partial charge in [-0.05, 0) is 0 Å². The Balaban J connectivity index is 6.42. The number of aliphatic hydroxyl groups is 1. The maximum Gasteiger partial charge on any atom is 0.460 e. The van der Waals surface area contributed by atoms with Gasteiger partial charge in [-0.1, -0.05) is 0 Å². The predicted molar refractivity (Wildman–Crippen MR) is 54.8 cm³/mol. The lowest BCUT2D eigenvalue weighted by Gasteiger charge is -2.39. The Bertz CT molecular complexity index is 611. The lowest BCUT2D eigenvalue weighted by Crippen LogP contribution is -2.71. The Morgan fingerprint density at radius 1 is 0.654 bits per heavy atom. The number of sulfonamides is 1. The van der Waals surface area contributed by atoms with E-state index in [1.165, 1.54) is 0 Å². The van der Waals surface area contributed by atoms with Crippen molar-refractivity contribution in [1.29, 1.82) is 0 Å². The van der Waals surface area contributed by atoms with Crippen LogP contribution in [0.2, 0.25) is 0 Å². The van der Waals surface area contributed by atoms with Crippen molar-refractivity contribution < 1.29 is 70.6 Å². The molecule has 0 saturated carbocycles. The van der Waals surface area contributed by atoms with Crippen molar-refractivity contribution in [3.63, 3.8) is 0 Å². The fraction of sp³-hybridized carbons (Fsp3) is 1.00. The SMILES string of the molecule is O=S(=O)(NCCO)C(F)(F)C(F)(F)C(F)(F)C(F)(F)C(F)(F)C(F)(F)F. The van der Waals surface area contributed by atoms with E-state index < -0.39 is 58.3 Å². The Kier molecular flexibility index (Phi) is 6.27. The molecule has 0 aliphatic rings. The highest BCUT2D eigenvalue weighted by Gasteiger charge is 2.92. The minimum Gasteiger partial charge on any atom is -0.395 e. The first-order chi connectivity index (χ1) is 11.1. The molecule has 0 fully saturated rings. The highest BCUT2D eigenvalue weighted by molar-refractivity contribution is 7.90. The molecule has 0 saturated heterocycles. The van der Waals surface area contributed by atoms with Crippen molar-refractivity contribution >= 4 is 10.0 Å². The second-order valence-electron chi connectivity index (χ2n) is 4.43. The molecule has 26 heavy (non-hydrogen) atoms. The third-order valence-corrected chi connectivity index (χ3v) is 4.16. The van der Waals surface area contributed by atoms with Gasteiger partial charge in [0, 0.05) is 6.54 Å². The number of rotatable bonds is 8. The molecule has 0 atom stereocenters. The molecule has 0 aromatic heterocycles. The lowest BCUT2D eigenvalue weighted by atomic mass is 9.98. The van der Waals surface area contributed by atoms with Crippen LogP contribution in [0, 0.1) is 0 Å². The first-order valence-corrected chi connectivity index (χ1v) is 7.10. The molecule has 4 nitrogen and oxygen atoms in total. The summed E-state index contributed by atoms with van der Waals surface area (Å²) in [5.74, 6) is -32.3. The van der Waals surface area contributed by atoms with E-state index >= 15 is 0 Å². The van der Waals surface area contributed by atoms with Gasteiger partial charge < -0.3 is 5.11 Å². The monoisotopic (exact) mass is 443 g/mol. The summed E-state index contributed by atoms with van der Waals surface area (Å²) >= 11 is 0. The first-order valence-electron chi connectivity index (χ1n) is 5.62. The second-order valence-corrected chi connectivity index (χ2v) is 6.24. The number of nitrogens with one attached hydrogen (secondary N) is 1. The fourth-order valence-electron chi connectivity index (χ4n) is 1.19. The second kappa shape index (κ2) is 6.54. The van der Waals surface area contributed by atoms with E-state index in [-0.39, 0.29) is 0 Å². The van der Waals surface area contributed by atoms with E-state index in [2.05, 4.69) is 0 Å². The smallest absolute Gasteiger partial charge is 0.395 e. The zero-order valence-electron chi connectivity index (χ0n) is 11.5. The summed E-state index contributed by atoms with van der Waals surface area (Å²) in [7, 11) is -7.04. The van der Waals surface area contributed by atoms with Crippen LogP contribution >= 0.6 is 0 Å². The average Bonchev–Trinajstić information content (AvgIpc) is 2.42. The maximum absolute atomic E-state index is 13.2. The van der Waals surface area contributed by atoms with Crippen molar-refractivity contribution in [3.05, 3.63) is 0 Å². The van der Waals surface area contributed by atoms with Gasteiger partial charge in [0.05, 0.1) is 6.61 Å². The van der Waals surface area contributed by atoms with Crippen LogP contribution in [0.5, 0.6) is 0 Å². The molecular formula is C8H6F13NO3S. The molecule has 0 aromatic carbocycles. The van der Waals surface area contributed by atoms with Gasteiger partial charge in [-0.2, -0.15) is 57.1 Å². The number of halogens is 13. The molecule has 0 aliphatic carbocycles. The van der Waals surface area contributed by atoms with Gasteiger partial charge in [-0.15, -0.1) is 0 Å².